The number of rotatable bonds is 8. The average Bonchev–Trinajstić information content (AvgIpc) is 3.50. The lowest BCUT2D eigenvalue weighted by atomic mass is 10.1. The van der Waals surface area contributed by atoms with Gasteiger partial charge in [-0.1, -0.05) is 30.3 Å². The molecule has 0 bridgehead atoms. The fourth-order valence-electron chi connectivity index (χ4n) is 3.37. The van der Waals surface area contributed by atoms with E-state index >= 15 is 0 Å². The largest absolute Gasteiger partial charge is 0.439 e. The van der Waals surface area contributed by atoms with Gasteiger partial charge in [0.2, 0.25) is 11.8 Å². The first-order valence-electron chi connectivity index (χ1n) is 10.3. The Morgan fingerprint density at radius 2 is 1.93 bits per heavy atom. The van der Waals surface area contributed by atoms with Gasteiger partial charge in [0, 0.05) is 18.5 Å². The Morgan fingerprint density at radius 3 is 2.66 bits per heavy atom. The fourth-order valence-corrected chi connectivity index (χ4v) is 3.37. The zero-order valence-corrected chi connectivity index (χ0v) is 17.0. The molecule has 1 saturated carbocycles. The summed E-state index contributed by atoms with van der Waals surface area (Å²) in [6.07, 6.45) is 3.49. The Labute approximate surface area is 171 Å². The van der Waals surface area contributed by atoms with Crippen molar-refractivity contribution in [3.63, 3.8) is 0 Å². The molecule has 1 aliphatic carbocycles. The van der Waals surface area contributed by atoms with E-state index in [1.54, 1.807) is 0 Å². The monoisotopic (exact) mass is 389 g/mol. The minimum Gasteiger partial charge on any atom is -0.439 e. The SMILES string of the molecule is Cc1cccc(-n2nc(C)c(CCC(=O)NCC3CC3)c2Oc2ccccc2)c1. The van der Waals surface area contributed by atoms with E-state index in [-0.39, 0.29) is 5.91 Å². The van der Waals surface area contributed by atoms with Gasteiger partial charge in [0.1, 0.15) is 5.75 Å². The smallest absolute Gasteiger partial charge is 0.226 e. The molecule has 29 heavy (non-hydrogen) atoms. The molecular formula is C24H27N3O2. The maximum absolute atomic E-state index is 12.3. The molecule has 3 aromatic rings. The number of benzene rings is 2. The Bertz CT molecular complexity index is 991. The molecule has 0 saturated heterocycles. The third-order valence-corrected chi connectivity index (χ3v) is 5.23. The van der Waals surface area contributed by atoms with Crippen molar-refractivity contribution in [3.8, 4) is 17.3 Å². The van der Waals surface area contributed by atoms with Gasteiger partial charge in [-0.15, -0.1) is 0 Å². The summed E-state index contributed by atoms with van der Waals surface area (Å²) in [6.45, 7) is 4.83. The van der Waals surface area contributed by atoms with Gasteiger partial charge in [-0.2, -0.15) is 5.10 Å². The molecular weight excluding hydrogens is 362 g/mol. The van der Waals surface area contributed by atoms with Gasteiger partial charge in [-0.3, -0.25) is 4.79 Å². The molecule has 150 valence electrons. The van der Waals surface area contributed by atoms with Crippen LogP contribution < -0.4 is 10.1 Å². The first kappa shape index (κ1) is 19.2. The number of nitrogens with zero attached hydrogens (tertiary/aromatic N) is 2. The van der Waals surface area contributed by atoms with Gasteiger partial charge in [-0.05, 0) is 68.9 Å². The van der Waals surface area contributed by atoms with Crippen LogP contribution >= 0.6 is 0 Å². The van der Waals surface area contributed by atoms with Crippen LogP contribution in [-0.4, -0.2) is 22.2 Å². The van der Waals surface area contributed by atoms with E-state index < -0.39 is 0 Å². The molecule has 0 spiro atoms. The van der Waals surface area contributed by atoms with Gasteiger partial charge in [0.25, 0.3) is 0 Å². The predicted octanol–water partition coefficient (Wildman–Crippen LogP) is 4.74. The Balaban J connectivity index is 1.61. The van der Waals surface area contributed by atoms with E-state index in [1.807, 2.05) is 54.1 Å². The summed E-state index contributed by atoms with van der Waals surface area (Å²) in [7, 11) is 0. The highest BCUT2D eigenvalue weighted by Gasteiger charge is 2.23. The normalized spacial score (nSPS) is 13.3. The van der Waals surface area contributed by atoms with Crippen molar-refractivity contribution in [2.24, 2.45) is 5.92 Å². The first-order chi connectivity index (χ1) is 14.1. The van der Waals surface area contributed by atoms with Gasteiger partial charge >= 0.3 is 0 Å². The number of aryl methyl sites for hydroxylation is 2. The topological polar surface area (TPSA) is 56.2 Å². The van der Waals surface area contributed by atoms with E-state index in [9.17, 15) is 4.79 Å². The van der Waals surface area contributed by atoms with Crippen LogP contribution in [0, 0.1) is 19.8 Å². The highest BCUT2D eigenvalue weighted by atomic mass is 16.5. The number of ether oxygens (including phenoxy) is 1. The van der Waals surface area contributed by atoms with Crippen molar-refractivity contribution in [1.29, 1.82) is 0 Å². The quantitative estimate of drug-likeness (QED) is 0.605. The average molecular weight is 389 g/mol. The van der Waals surface area contributed by atoms with Crippen LogP contribution in [0.2, 0.25) is 0 Å². The molecule has 0 unspecified atom stereocenters. The summed E-state index contributed by atoms with van der Waals surface area (Å²) >= 11 is 0. The summed E-state index contributed by atoms with van der Waals surface area (Å²) in [5.41, 5.74) is 3.95. The second kappa shape index (κ2) is 8.52. The summed E-state index contributed by atoms with van der Waals surface area (Å²) < 4.78 is 8.11. The van der Waals surface area contributed by atoms with Crippen LogP contribution in [0.1, 0.15) is 36.1 Å². The molecule has 0 radical (unpaired) electrons. The maximum atomic E-state index is 12.3. The highest BCUT2D eigenvalue weighted by molar-refractivity contribution is 5.76. The molecule has 1 amide bonds. The molecule has 5 nitrogen and oxygen atoms in total. The lowest BCUT2D eigenvalue weighted by molar-refractivity contribution is -0.121. The Morgan fingerprint density at radius 1 is 1.14 bits per heavy atom. The Hall–Kier alpha value is -3.08. The number of hydrogen-bond acceptors (Lipinski definition) is 3. The molecule has 1 aromatic heterocycles. The standard InChI is InChI=1S/C24H27N3O2/c1-17-7-6-8-20(15-17)27-24(29-21-9-4-3-5-10-21)22(18(2)26-27)13-14-23(28)25-16-19-11-12-19/h3-10,15,19H,11-14,16H2,1-2H3,(H,25,28). The number of para-hydroxylation sites is 1. The fraction of sp³-hybridized carbons (Fsp3) is 0.333. The van der Waals surface area contributed by atoms with Crippen molar-refractivity contribution >= 4 is 5.91 Å². The highest BCUT2D eigenvalue weighted by Crippen LogP contribution is 2.32. The maximum Gasteiger partial charge on any atom is 0.226 e. The van der Waals surface area contributed by atoms with Gasteiger partial charge in [0.15, 0.2) is 0 Å². The number of nitrogens with one attached hydrogen (secondary N) is 1. The number of hydrogen-bond donors (Lipinski definition) is 1. The van der Waals surface area contributed by atoms with Gasteiger partial charge < -0.3 is 10.1 Å². The molecule has 0 atom stereocenters. The first-order valence-corrected chi connectivity index (χ1v) is 10.3. The van der Waals surface area contributed by atoms with Crippen LogP contribution in [0.4, 0.5) is 0 Å². The van der Waals surface area contributed by atoms with Gasteiger partial charge in [-0.25, -0.2) is 4.68 Å². The van der Waals surface area contributed by atoms with Crippen LogP contribution in [0.3, 0.4) is 0 Å². The van der Waals surface area contributed by atoms with E-state index in [0.29, 0.717) is 24.6 Å². The lowest BCUT2D eigenvalue weighted by Gasteiger charge is -2.12. The van der Waals surface area contributed by atoms with Crippen LogP contribution in [0.25, 0.3) is 5.69 Å². The number of carbonyl (C=O) groups is 1. The summed E-state index contributed by atoms with van der Waals surface area (Å²) in [4.78, 5) is 12.3. The zero-order chi connectivity index (χ0) is 20.2. The third kappa shape index (κ3) is 4.86. The van der Waals surface area contributed by atoms with E-state index in [2.05, 4.69) is 24.4 Å². The lowest BCUT2D eigenvalue weighted by Crippen LogP contribution is -2.25. The molecule has 0 aliphatic heterocycles. The summed E-state index contributed by atoms with van der Waals surface area (Å²) in [5, 5.41) is 7.78. The minimum absolute atomic E-state index is 0.0882. The molecule has 5 heteroatoms. The minimum atomic E-state index is 0.0882. The zero-order valence-electron chi connectivity index (χ0n) is 17.0. The number of aromatic nitrogens is 2. The van der Waals surface area contributed by atoms with Crippen molar-refractivity contribution < 1.29 is 9.53 Å². The summed E-state index contributed by atoms with van der Waals surface area (Å²) in [6, 6.07) is 17.9. The van der Waals surface area contributed by atoms with E-state index in [0.717, 1.165) is 34.8 Å². The van der Waals surface area contributed by atoms with E-state index in [4.69, 9.17) is 9.84 Å². The van der Waals surface area contributed by atoms with E-state index in [1.165, 1.54) is 12.8 Å². The molecule has 2 aromatic carbocycles. The Kier molecular flexibility index (Phi) is 5.65. The second-order valence-electron chi connectivity index (χ2n) is 7.78. The van der Waals surface area contributed by atoms with Crippen molar-refractivity contribution in [1.82, 2.24) is 15.1 Å². The van der Waals surface area contributed by atoms with Crippen molar-refractivity contribution in [2.75, 3.05) is 6.54 Å². The van der Waals surface area contributed by atoms with Crippen LogP contribution in [-0.2, 0) is 11.2 Å². The molecule has 1 N–H and O–H groups in total. The second-order valence-corrected chi connectivity index (χ2v) is 7.78. The molecule has 1 heterocycles. The van der Waals surface area contributed by atoms with Gasteiger partial charge in [0.05, 0.1) is 11.4 Å². The third-order valence-electron chi connectivity index (χ3n) is 5.23. The molecule has 1 aliphatic rings. The van der Waals surface area contributed by atoms with Crippen molar-refractivity contribution in [2.45, 2.75) is 39.5 Å². The van der Waals surface area contributed by atoms with Crippen LogP contribution in [0.5, 0.6) is 11.6 Å². The number of amides is 1. The van der Waals surface area contributed by atoms with Crippen LogP contribution in [0.15, 0.2) is 54.6 Å². The predicted molar refractivity (Wildman–Crippen MR) is 114 cm³/mol. The molecule has 1 fully saturated rings. The van der Waals surface area contributed by atoms with Crippen molar-refractivity contribution in [3.05, 3.63) is 71.4 Å². The molecule has 4 rings (SSSR count). The summed E-state index contributed by atoms with van der Waals surface area (Å²) in [5.74, 6) is 2.20. The number of carbonyl (C=O) groups excluding carboxylic acids is 1.